The summed E-state index contributed by atoms with van der Waals surface area (Å²) >= 11 is 5.36. The highest BCUT2D eigenvalue weighted by molar-refractivity contribution is 7.71. The van der Waals surface area contributed by atoms with Crippen LogP contribution in [0, 0.1) is 10.7 Å². The maximum absolute atomic E-state index is 5.36. The van der Waals surface area contributed by atoms with Crippen LogP contribution in [0.3, 0.4) is 0 Å². The normalized spacial score (nSPS) is 14.3. The topological polar surface area (TPSA) is 46.5 Å². The van der Waals surface area contributed by atoms with Crippen molar-refractivity contribution >= 4 is 12.2 Å². The first-order chi connectivity index (χ1) is 9.13. The lowest BCUT2D eigenvalue weighted by atomic mass is 10.00. The maximum atomic E-state index is 5.36. The van der Waals surface area contributed by atoms with Crippen LogP contribution in [-0.4, -0.2) is 19.7 Å². The summed E-state index contributed by atoms with van der Waals surface area (Å²) in [6.45, 7) is 6.68. The van der Waals surface area contributed by atoms with Gasteiger partial charge in [0.15, 0.2) is 10.6 Å². The molecular weight excluding hydrogens is 256 g/mol. The average Bonchev–Trinajstić information content (AvgIpc) is 2.81. The lowest BCUT2D eigenvalue weighted by Gasteiger charge is -2.18. The Kier molecular flexibility index (Phi) is 4.47. The highest BCUT2D eigenvalue weighted by Gasteiger charge is 2.16. The summed E-state index contributed by atoms with van der Waals surface area (Å²) in [5, 5.41) is 7.24. The number of aromatic amines is 1. The van der Waals surface area contributed by atoms with Gasteiger partial charge in [-0.05, 0) is 43.6 Å². The minimum absolute atomic E-state index is 0.330. The van der Waals surface area contributed by atoms with Crippen molar-refractivity contribution in [1.82, 2.24) is 19.7 Å². The maximum Gasteiger partial charge on any atom is 0.195 e. The van der Waals surface area contributed by atoms with Crippen molar-refractivity contribution in [3.63, 3.8) is 0 Å². The number of aromatic nitrogens is 4. The van der Waals surface area contributed by atoms with Crippen molar-refractivity contribution in [2.75, 3.05) is 0 Å². The summed E-state index contributed by atoms with van der Waals surface area (Å²) in [5.74, 6) is 1.54. The van der Waals surface area contributed by atoms with Crippen LogP contribution in [0.1, 0.15) is 39.7 Å². The van der Waals surface area contributed by atoms with Crippen molar-refractivity contribution in [1.29, 1.82) is 0 Å². The summed E-state index contributed by atoms with van der Waals surface area (Å²) in [5.41, 5.74) is 0.992. The Morgan fingerprint density at radius 1 is 1.42 bits per heavy atom. The molecule has 0 aliphatic rings. The van der Waals surface area contributed by atoms with E-state index in [0.29, 0.717) is 16.7 Å². The van der Waals surface area contributed by atoms with Gasteiger partial charge in [0.05, 0.1) is 0 Å². The number of hydrogen-bond donors (Lipinski definition) is 1. The molecule has 0 aromatic carbocycles. The van der Waals surface area contributed by atoms with E-state index in [1.54, 1.807) is 6.20 Å². The van der Waals surface area contributed by atoms with E-state index in [9.17, 15) is 0 Å². The predicted octanol–water partition coefficient (Wildman–Crippen LogP) is 4.00. The van der Waals surface area contributed by atoms with E-state index in [1.165, 1.54) is 6.42 Å². The molecule has 102 valence electrons. The first-order valence-corrected chi connectivity index (χ1v) is 7.11. The van der Waals surface area contributed by atoms with E-state index in [0.717, 1.165) is 17.8 Å². The molecule has 0 fully saturated rings. The van der Waals surface area contributed by atoms with Gasteiger partial charge in [-0.3, -0.25) is 14.6 Å². The van der Waals surface area contributed by atoms with Crippen LogP contribution in [0.4, 0.5) is 0 Å². The smallest absolute Gasteiger partial charge is 0.195 e. The minimum Gasteiger partial charge on any atom is -0.297 e. The summed E-state index contributed by atoms with van der Waals surface area (Å²) in [7, 11) is 0. The van der Waals surface area contributed by atoms with Gasteiger partial charge >= 0.3 is 0 Å². The van der Waals surface area contributed by atoms with Crippen LogP contribution in [0.2, 0.25) is 0 Å². The van der Waals surface area contributed by atoms with Crippen LogP contribution in [0.15, 0.2) is 24.5 Å². The molecule has 2 aromatic heterocycles. The Morgan fingerprint density at radius 3 is 2.84 bits per heavy atom. The van der Waals surface area contributed by atoms with Crippen molar-refractivity contribution in [3.8, 4) is 11.4 Å². The fraction of sp³-hybridized carbons (Fsp3) is 0.500. The van der Waals surface area contributed by atoms with Gasteiger partial charge < -0.3 is 0 Å². The molecule has 0 aliphatic heterocycles. The van der Waals surface area contributed by atoms with Gasteiger partial charge in [-0.15, -0.1) is 0 Å². The van der Waals surface area contributed by atoms with Crippen molar-refractivity contribution in [2.45, 2.75) is 39.7 Å². The van der Waals surface area contributed by atoms with E-state index in [1.807, 2.05) is 18.3 Å². The Labute approximate surface area is 118 Å². The van der Waals surface area contributed by atoms with Gasteiger partial charge in [-0.2, -0.15) is 5.10 Å². The number of pyridine rings is 1. The molecule has 2 heterocycles. The number of nitrogens with zero attached hydrogens (tertiary/aromatic N) is 3. The van der Waals surface area contributed by atoms with Gasteiger partial charge in [-0.1, -0.05) is 20.3 Å². The van der Waals surface area contributed by atoms with Crippen molar-refractivity contribution in [2.24, 2.45) is 5.92 Å². The second-order valence-electron chi connectivity index (χ2n) is 5.06. The zero-order chi connectivity index (χ0) is 13.8. The molecule has 2 aromatic rings. The highest BCUT2D eigenvalue weighted by Crippen LogP contribution is 2.25. The molecule has 2 rings (SSSR count). The van der Waals surface area contributed by atoms with E-state index in [-0.39, 0.29) is 0 Å². The quantitative estimate of drug-likeness (QED) is 0.840. The van der Waals surface area contributed by atoms with E-state index >= 15 is 0 Å². The van der Waals surface area contributed by atoms with Crippen LogP contribution in [0.5, 0.6) is 0 Å². The molecule has 4 nitrogen and oxygen atoms in total. The van der Waals surface area contributed by atoms with Gasteiger partial charge in [0, 0.05) is 24.0 Å². The van der Waals surface area contributed by atoms with E-state index < -0.39 is 0 Å². The molecule has 0 saturated heterocycles. The second-order valence-corrected chi connectivity index (χ2v) is 5.45. The molecule has 0 spiro atoms. The van der Waals surface area contributed by atoms with Crippen LogP contribution >= 0.6 is 12.2 Å². The first kappa shape index (κ1) is 13.9. The number of nitrogens with one attached hydrogen (secondary N) is 1. The fourth-order valence-electron chi connectivity index (χ4n) is 2.27. The lowest BCUT2D eigenvalue weighted by Crippen LogP contribution is -2.11. The molecule has 2 atom stereocenters. The molecule has 19 heavy (non-hydrogen) atoms. The predicted molar refractivity (Wildman–Crippen MR) is 79.4 cm³/mol. The molecule has 0 saturated carbocycles. The summed E-state index contributed by atoms with van der Waals surface area (Å²) < 4.78 is 2.77. The number of rotatable bonds is 5. The van der Waals surface area contributed by atoms with E-state index in [4.69, 9.17) is 12.2 Å². The SMILES string of the molecule is CCC(C)CC(C)n1c(-c2cccnc2)n[nH]c1=S. The fourth-order valence-corrected chi connectivity index (χ4v) is 2.58. The monoisotopic (exact) mass is 276 g/mol. The summed E-state index contributed by atoms with van der Waals surface area (Å²) in [4.78, 5) is 4.15. The Morgan fingerprint density at radius 2 is 2.21 bits per heavy atom. The summed E-state index contributed by atoms with van der Waals surface area (Å²) in [6.07, 6.45) is 5.85. The first-order valence-electron chi connectivity index (χ1n) is 6.70. The molecule has 1 N–H and O–H groups in total. The van der Waals surface area contributed by atoms with Crippen LogP contribution < -0.4 is 0 Å². The Hall–Kier alpha value is -1.49. The van der Waals surface area contributed by atoms with Gasteiger partial charge in [0.25, 0.3) is 0 Å². The van der Waals surface area contributed by atoms with Crippen LogP contribution in [-0.2, 0) is 0 Å². The third kappa shape index (κ3) is 3.10. The largest absolute Gasteiger partial charge is 0.297 e. The Bertz CT molecular complexity index is 573. The molecule has 0 aliphatic carbocycles. The third-order valence-electron chi connectivity index (χ3n) is 3.51. The molecule has 5 heteroatoms. The van der Waals surface area contributed by atoms with Gasteiger partial charge in [-0.25, -0.2) is 0 Å². The zero-order valence-electron chi connectivity index (χ0n) is 11.6. The molecular formula is C14H20N4S. The van der Waals surface area contributed by atoms with Gasteiger partial charge in [0.2, 0.25) is 0 Å². The minimum atomic E-state index is 0.330. The number of H-pyrrole nitrogens is 1. The average molecular weight is 276 g/mol. The standard InChI is InChI=1S/C14H20N4S/c1-4-10(2)8-11(3)18-13(16-17-14(18)19)12-6-5-7-15-9-12/h5-7,9-11H,4,8H2,1-3H3,(H,17,19). The molecule has 2 unspecified atom stereocenters. The van der Waals surface area contributed by atoms with E-state index in [2.05, 4.69) is 40.5 Å². The lowest BCUT2D eigenvalue weighted by molar-refractivity contribution is 0.397. The zero-order valence-corrected chi connectivity index (χ0v) is 12.4. The number of hydrogen-bond acceptors (Lipinski definition) is 3. The Balaban J connectivity index is 2.36. The second kappa shape index (κ2) is 6.10. The summed E-state index contributed by atoms with van der Waals surface area (Å²) in [6, 6.07) is 4.25. The molecule has 0 bridgehead atoms. The highest BCUT2D eigenvalue weighted by atomic mass is 32.1. The van der Waals surface area contributed by atoms with Crippen LogP contribution in [0.25, 0.3) is 11.4 Å². The molecule has 0 amide bonds. The third-order valence-corrected chi connectivity index (χ3v) is 3.79. The van der Waals surface area contributed by atoms with Crippen molar-refractivity contribution in [3.05, 3.63) is 29.3 Å². The van der Waals surface area contributed by atoms with Gasteiger partial charge in [0.1, 0.15) is 0 Å². The van der Waals surface area contributed by atoms with Crippen molar-refractivity contribution < 1.29 is 0 Å². The molecule has 0 radical (unpaired) electrons.